The van der Waals surface area contributed by atoms with Gasteiger partial charge in [0.05, 0.1) is 0 Å². The number of carbonyl (C=O) groups excluding carboxylic acids is 2. The smallest absolute Gasteiger partial charge is 0.412 e. The number of hydrogen-bond acceptors (Lipinski definition) is 6. The molecule has 1 unspecified atom stereocenters. The Hall–Kier alpha value is -2.58. The van der Waals surface area contributed by atoms with Gasteiger partial charge >= 0.3 is 39.2 Å². The van der Waals surface area contributed by atoms with Crippen LogP contribution in [0.1, 0.15) is 12.5 Å². The van der Waals surface area contributed by atoms with E-state index in [1.807, 2.05) is 0 Å². The summed E-state index contributed by atoms with van der Waals surface area (Å²) >= 11 is 0. The van der Waals surface area contributed by atoms with Crippen LogP contribution >= 0.6 is 0 Å². The molecule has 0 saturated carbocycles. The number of rotatable bonds is 9. The van der Waals surface area contributed by atoms with Gasteiger partial charge in [0.1, 0.15) is 6.61 Å². The van der Waals surface area contributed by atoms with Crippen molar-refractivity contribution in [3.63, 3.8) is 0 Å². The van der Waals surface area contributed by atoms with Crippen molar-refractivity contribution >= 4 is 22.0 Å². The van der Waals surface area contributed by atoms with Crippen molar-refractivity contribution in [1.82, 2.24) is 5.32 Å². The Labute approximate surface area is 167 Å². The zero-order chi connectivity index (χ0) is 23.4. The number of benzene rings is 1. The van der Waals surface area contributed by atoms with E-state index in [0.29, 0.717) is 0 Å². The van der Waals surface area contributed by atoms with Gasteiger partial charge < -0.3 is 14.8 Å². The van der Waals surface area contributed by atoms with E-state index in [2.05, 4.69) is 16.1 Å². The third-order valence-electron chi connectivity index (χ3n) is 3.37. The highest BCUT2D eigenvalue weighted by Crippen LogP contribution is 2.38. The van der Waals surface area contributed by atoms with Gasteiger partial charge in [0.2, 0.25) is 0 Å². The lowest BCUT2D eigenvalue weighted by Crippen LogP contribution is -2.62. The summed E-state index contributed by atoms with van der Waals surface area (Å²) in [6, 6.07) is 7.36. The van der Waals surface area contributed by atoms with Crippen LogP contribution in [0.5, 0.6) is 0 Å². The van der Waals surface area contributed by atoms with Crippen LogP contribution in [0.2, 0.25) is 0 Å². The number of carbonyl (C=O) groups is 2. The van der Waals surface area contributed by atoms with Crippen LogP contribution in [-0.4, -0.2) is 48.7 Å². The van der Waals surface area contributed by atoms with E-state index in [0.717, 1.165) is 6.92 Å². The number of ether oxygens (including phenoxy) is 2. The van der Waals surface area contributed by atoms with Gasteiger partial charge in [0.25, 0.3) is 0 Å². The Bertz CT molecular complexity index is 902. The predicted octanol–water partition coefficient (Wildman–Crippen LogP) is 2.18. The van der Waals surface area contributed by atoms with Gasteiger partial charge in [-0.1, -0.05) is 36.9 Å². The van der Waals surface area contributed by atoms with Crippen LogP contribution in [0.25, 0.3) is 0 Å². The van der Waals surface area contributed by atoms with Crippen LogP contribution in [-0.2, 0) is 35.7 Å². The van der Waals surface area contributed by atoms with Crippen molar-refractivity contribution in [3.8, 4) is 0 Å². The van der Waals surface area contributed by atoms with E-state index < -0.39 is 57.9 Å². The highest BCUT2D eigenvalue weighted by Gasteiger charge is 2.67. The molecule has 1 amide bonds. The van der Waals surface area contributed by atoms with Crippen LogP contribution < -0.4 is 5.32 Å². The molecule has 0 aliphatic carbocycles. The summed E-state index contributed by atoms with van der Waals surface area (Å²) in [4.78, 5) is 24.0. The van der Waals surface area contributed by atoms with Crippen molar-refractivity contribution in [2.75, 3.05) is 6.61 Å². The zero-order valence-corrected chi connectivity index (χ0v) is 16.0. The number of alkyl halides is 5. The third kappa shape index (κ3) is 5.96. The molecule has 1 aromatic carbocycles. The largest absolute Gasteiger partial charge is 0.466 e. The number of esters is 1. The van der Waals surface area contributed by atoms with Crippen LogP contribution in [0.3, 0.4) is 0 Å². The van der Waals surface area contributed by atoms with Gasteiger partial charge in [-0.25, -0.2) is 4.79 Å². The zero-order valence-electron chi connectivity index (χ0n) is 15.2. The molecule has 168 valence electrons. The maximum atomic E-state index is 13.7. The quantitative estimate of drug-likeness (QED) is 0.190. The molecule has 14 heteroatoms. The Morgan fingerprint density at radius 2 is 1.67 bits per heavy atom. The van der Waals surface area contributed by atoms with Crippen molar-refractivity contribution in [2.24, 2.45) is 0 Å². The molecular weight excluding hydrogens is 445 g/mol. The van der Waals surface area contributed by atoms with Gasteiger partial charge in [-0.2, -0.15) is 30.4 Å². The molecule has 8 nitrogen and oxygen atoms in total. The molecule has 0 spiro atoms. The lowest BCUT2D eigenvalue weighted by atomic mass is 10.2. The fraction of sp³-hybridized carbons (Fsp3) is 0.375. The molecule has 0 saturated heterocycles. The van der Waals surface area contributed by atoms with Crippen molar-refractivity contribution < 1.29 is 54.0 Å². The standard InChI is InChI=1S/C16H16F5NO7S/c1-10(2)12(23)29-15(16(19,20)21,28-9-14(17,18)30(25,26)27)13(24)22-8-11-6-4-3-5-7-11/h3-7H,1,8-9H2,2H3,(H,22,24)(H,25,26,27). The lowest BCUT2D eigenvalue weighted by molar-refractivity contribution is -0.352. The maximum Gasteiger partial charge on any atom is 0.466 e. The first-order valence-corrected chi connectivity index (χ1v) is 9.24. The second-order valence-electron chi connectivity index (χ2n) is 5.85. The van der Waals surface area contributed by atoms with Crippen LogP contribution in [0.4, 0.5) is 22.0 Å². The number of amides is 1. The highest BCUT2D eigenvalue weighted by atomic mass is 32.2. The summed E-state index contributed by atoms with van der Waals surface area (Å²) in [5.41, 5.74) is -0.360. The van der Waals surface area contributed by atoms with Crippen LogP contribution in [0.15, 0.2) is 42.5 Å². The van der Waals surface area contributed by atoms with Crippen molar-refractivity contribution in [3.05, 3.63) is 48.0 Å². The molecule has 1 aromatic rings. The van der Waals surface area contributed by atoms with E-state index in [1.54, 1.807) is 11.4 Å². The molecule has 2 N–H and O–H groups in total. The summed E-state index contributed by atoms with van der Waals surface area (Å²) in [6.07, 6.45) is -5.94. The predicted molar refractivity (Wildman–Crippen MR) is 90.4 cm³/mol. The summed E-state index contributed by atoms with van der Waals surface area (Å²) < 4.78 is 106. The average molecular weight is 461 g/mol. The average Bonchev–Trinajstić information content (AvgIpc) is 2.61. The number of halogens is 5. The van der Waals surface area contributed by atoms with Crippen molar-refractivity contribution in [2.45, 2.75) is 30.7 Å². The van der Waals surface area contributed by atoms with Gasteiger partial charge in [-0.3, -0.25) is 9.35 Å². The van der Waals surface area contributed by atoms with Gasteiger partial charge in [0, 0.05) is 12.1 Å². The summed E-state index contributed by atoms with van der Waals surface area (Å²) in [6.45, 7) is 0.696. The lowest BCUT2D eigenvalue weighted by Gasteiger charge is -2.33. The monoisotopic (exact) mass is 461 g/mol. The Kier molecular flexibility index (Phi) is 7.68. The summed E-state index contributed by atoms with van der Waals surface area (Å²) in [5, 5.41) is -3.53. The first-order valence-electron chi connectivity index (χ1n) is 7.80. The number of nitrogens with one attached hydrogen (secondary N) is 1. The van der Waals surface area contributed by atoms with Crippen LogP contribution in [0, 0.1) is 0 Å². The minimum Gasteiger partial charge on any atom is -0.412 e. The molecule has 0 aliphatic heterocycles. The molecule has 0 aliphatic rings. The van der Waals surface area contributed by atoms with E-state index in [-0.39, 0.29) is 5.56 Å². The molecular formula is C16H16F5NO7S. The second kappa shape index (κ2) is 9.06. The van der Waals surface area contributed by atoms with E-state index >= 15 is 0 Å². The molecule has 0 aromatic heterocycles. The Morgan fingerprint density at radius 1 is 1.13 bits per heavy atom. The summed E-state index contributed by atoms with van der Waals surface area (Å²) in [5.74, 6) is -8.72. The van der Waals surface area contributed by atoms with Gasteiger partial charge in [0.15, 0.2) is 0 Å². The molecule has 0 heterocycles. The molecule has 1 rings (SSSR count). The topological polar surface area (TPSA) is 119 Å². The fourth-order valence-corrected chi connectivity index (χ4v) is 1.99. The maximum absolute atomic E-state index is 13.7. The van der Waals surface area contributed by atoms with E-state index in [4.69, 9.17) is 4.55 Å². The van der Waals surface area contributed by atoms with E-state index in [9.17, 15) is 40.0 Å². The Morgan fingerprint density at radius 3 is 2.10 bits per heavy atom. The summed E-state index contributed by atoms with van der Waals surface area (Å²) in [7, 11) is -6.21. The molecule has 0 bridgehead atoms. The third-order valence-corrected chi connectivity index (χ3v) is 4.25. The first kappa shape index (κ1) is 25.5. The van der Waals surface area contributed by atoms with E-state index in [1.165, 1.54) is 24.3 Å². The SMILES string of the molecule is C=C(C)C(=O)OC(OCC(F)(F)S(=O)(=O)O)(C(=O)NCc1ccccc1)C(F)(F)F. The molecule has 0 radical (unpaired) electrons. The molecule has 30 heavy (non-hydrogen) atoms. The first-order chi connectivity index (χ1) is 13.5. The number of hydrogen-bond donors (Lipinski definition) is 2. The second-order valence-corrected chi connectivity index (χ2v) is 7.40. The highest BCUT2D eigenvalue weighted by molar-refractivity contribution is 7.86. The minimum atomic E-state index is -6.21. The van der Waals surface area contributed by atoms with Crippen molar-refractivity contribution in [1.29, 1.82) is 0 Å². The molecule has 0 fully saturated rings. The van der Waals surface area contributed by atoms with Gasteiger partial charge in [-0.05, 0) is 12.5 Å². The molecule has 1 atom stereocenters. The minimum absolute atomic E-state index is 0.288. The Balaban J connectivity index is 3.33. The van der Waals surface area contributed by atoms with Gasteiger partial charge in [-0.15, -0.1) is 0 Å². The normalized spacial score (nSPS) is 14.5. The fourth-order valence-electron chi connectivity index (χ4n) is 1.78.